The van der Waals surface area contributed by atoms with Crippen LogP contribution in [0.3, 0.4) is 0 Å². The van der Waals surface area contributed by atoms with E-state index >= 15 is 0 Å². The molecule has 0 fully saturated rings. The van der Waals surface area contributed by atoms with Gasteiger partial charge in [-0.2, -0.15) is 0 Å². The molecule has 0 aliphatic rings. The normalized spacial score (nSPS) is 12.6. The number of amides is 2. The smallest absolute Gasteiger partial charge is 0.268 e. The number of halogens is 1. The molecule has 1 aromatic rings. The van der Waals surface area contributed by atoms with Gasteiger partial charge in [-0.3, -0.25) is 14.8 Å². The van der Waals surface area contributed by atoms with Crippen LogP contribution in [0.2, 0.25) is 0 Å². The van der Waals surface area contributed by atoms with Gasteiger partial charge in [-0.05, 0) is 25.1 Å². The van der Waals surface area contributed by atoms with Crippen LogP contribution in [0.5, 0.6) is 5.75 Å². The number of rotatable bonds is 5. The van der Waals surface area contributed by atoms with Gasteiger partial charge in [-0.25, -0.2) is 9.87 Å². The van der Waals surface area contributed by atoms with E-state index in [9.17, 15) is 19.1 Å². The third kappa shape index (κ3) is 4.69. The van der Waals surface area contributed by atoms with Gasteiger partial charge in [-0.15, -0.1) is 0 Å². The molecule has 8 heteroatoms. The SMILES string of the molecule is C.COc1ccc(C(=O)N[C@H](C(=O)NO)[C@@H](C)O)cc1F. The first-order valence-corrected chi connectivity index (χ1v) is 5.67. The van der Waals surface area contributed by atoms with Crippen molar-refractivity contribution < 1.29 is 29.0 Å². The van der Waals surface area contributed by atoms with Crippen LogP contribution in [0.25, 0.3) is 0 Å². The predicted molar refractivity (Wildman–Crippen MR) is 72.5 cm³/mol. The number of carbonyl (C=O) groups excluding carboxylic acids is 2. The Kier molecular flexibility index (Phi) is 7.32. The molecule has 1 rings (SSSR count). The van der Waals surface area contributed by atoms with Crippen molar-refractivity contribution in [2.24, 2.45) is 0 Å². The van der Waals surface area contributed by atoms with E-state index in [2.05, 4.69) is 5.32 Å². The standard InChI is InChI=1S/C12H15FN2O5.CH4/c1-6(16)10(12(18)15-19)14-11(17)7-3-4-9(20-2)8(13)5-7;/h3-6,10,16,19H,1-2H3,(H,14,17)(H,15,18);1H4/t6-,10+;/m1./s1. The fourth-order valence-corrected chi connectivity index (χ4v) is 1.51. The Morgan fingerprint density at radius 3 is 2.43 bits per heavy atom. The lowest BCUT2D eigenvalue weighted by Crippen LogP contribution is -2.51. The molecule has 118 valence electrons. The van der Waals surface area contributed by atoms with Gasteiger partial charge in [0, 0.05) is 5.56 Å². The van der Waals surface area contributed by atoms with E-state index in [4.69, 9.17) is 9.94 Å². The summed E-state index contributed by atoms with van der Waals surface area (Å²) in [6.45, 7) is 1.26. The van der Waals surface area contributed by atoms with Crippen LogP contribution in [0.1, 0.15) is 24.7 Å². The molecule has 0 bridgehead atoms. The minimum absolute atomic E-state index is 0. The zero-order valence-corrected chi connectivity index (χ0v) is 10.9. The Morgan fingerprint density at radius 2 is 2.00 bits per heavy atom. The van der Waals surface area contributed by atoms with Crippen molar-refractivity contribution in [2.75, 3.05) is 7.11 Å². The summed E-state index contributed by atoms with van der Waals surface area (Å²) in [6.07, 6.45) is -1.24. The summed E-state index contributed by atoms with van der Waals surface area (Å²) in [4.78, 5) is 23.1. The number of aliphatic hydroxyl groups excluding tert-OH is 1. The molecule has 2 atom stereocenters. The van der Waals surface area contributed by atoms with Gasteiger partial charge in [0.25, 0.3) is 11.8 Å². The maximum absolute atomic E-state index is 13.5. The average Bonchev–Trinajstić information content (AvgIpc) is 2.43. The van der Waals surface area contributed by atoms with Crippen LogP contribution in [-0.4, -0.2) is 41.4 Å². The maximum Gasteiger partial charge on any atom is 0.268 e. The second kappa shape index (κ2) is 8.18. The van der Waals surface area contributed by atoms with Crippen molar-refractivity contribution in [1.29, 1.82) is 0 Å². The Balaban J connectivity index is 0.00000400. The third-order valence-corrected chi connectivity index (χ3v) is 2.58. The van der Waals surface area contributed by atoms with E-state index in [0.29, 0.717) is 0 Å². The summed E-state index contributed by atoms with van der Waals surface area (Å²) in [5, 5.41) is 20.1. The Labute approximate surface area is 121 Å². The molecule has 1 aromatic carbocycles. The van der Waals surface area contributed by atoms with E-state index in [-0.39, 0.29) is 18.7 Å². The van der Waals surface area contributed by atoms with Crippen LogP contribution in [0.15, 0.2) is 18.2 Å². The number of hydroxylamine groups is 1. The van der Waals surface area contributed by atoms with E-state index < -0.39 is 29.8 Å². The minimum atomic E-state index is -1.36. The molecule has 0 heterocycles. The van der Waals surface area contributed by atoms with Crippen molar-refractivity contribution in [3.05, 3.63) is 29.6 Å². The summed E-state index contributed by atoms with van der Waals surface area (Å²) in [5.74, 6) is -2.52. The lowest BCUT2D eigenvalue weighted by atomic mass is 10.1. The van der Waals surface area contributed by atoms with Crippen LogP contribution in [-0.2, 0) is 4.79 Å². The predicted octanol–water partition coefficient (Wildman–Crippen LogP) is 0.455. The molecular formula is C13H19FN2O5. The number of nitrogens with one attached hydrogen (secondary N) is 2. The molecular weight excluding hydrogens is 283 g/mol. The number of hydrogen-bond donors (Lipinski definition) is 4. The first kappa shape index (κ1) is 18.8. The van der Waals surface area contributed by atoms with Crippen molar-refractivity contribution in [3.63, 3.8) is 0 Å². The Morgan fingerprint density at radius 1 is 1.38 bits per heavy atom. The largest absolute Gasteiger partial charge is 0.494 e. The summed E-state index contributed by atoms with van der Waals surface area (Å²) in [6, 6.07) is 2.13. The Bertz CT molecular complexity index is 507. The van der Waals surface area contributed by atoms with E-state index in [1.54, 1.807) is 0 Å². The summed E-state index contributed by atoms with van der Waals surface area (Å²) in [7, 11) is 1.28. The Hall–Kier alpha value is -2.19. The number of benzene rings is 1. The first-order chi connectivity index (χ1) is 9.40. The summed E-state index contributed by atoms with van der Waals surface area (Å²) >= 11 is 0. The van der Waals surface area contributed by atoms with Crippen molar-refractivity contribution >= 4 is 11.8 Å². The van der Waals surface area contributed by atoms with Gasteiger partial charge in [-0.1, -0.05) is 7.43 Å². The first-order valence-electron chi connectivity index (χ1n) is 5.67. The van der Waals surface area contributed by atoms with Gasteiger partial charge < -0.3 is 15.2 Å². The third-order valence-electron chi connectivity index (χ3n) is 2.58. The van der Waals surface area contributed by atoms with Crippen molar-refractivity contribution in [1.82, 2.24) is 10.8 Å². The van der Waals surface area contributed by atoms with E-state index in [0.717, 1.165) is 6.07 Å². The van der Waals surface area contributed by atoms with Gasteiger partial charge >= 0.3 is 0 Å². The van der Waals surface area contributed by atoms with Gasteiger partial charge in [0.15, 0.2) is 11.6 Å². The van der Waals surface area contributed by atoms with Crippen LogP contribution >= 0.6 is 0 Å². The molecule has 0 saturated carbocycles. The molecule has 4 N–H and O–H groups in total. The summed E-state index contributed by atoms with van der Waals surface area (Å²) < 4.78 is 18.2. The van der Waals surface area contributed by atoms with Gasteiger partial charge in [0.05, 0.1) is 13.2 Å². The highest BCUT2D eigenvalue weighted by Crippen LogP contribution is 2.17. The minimum Gasteiger partial charge on any atom is -0.494 e. The number of ether oxygens (including phenoxy) is 1. The molecule has 7 nitrogen and oxygen atoms in total. The van der Waals surface area contributed by atoms with Crippen LogP contribution in [0, 0.1) is 5.82 Å². The lowest BCUT2D eigenvalue weighted by molar-refractivity contribution is -0.133. The van der Waals surface area contributed by atoms with Gasteiger partial charge in [0.1, 0.15) is 6.04 Å². The van der Waals surface area contributed by atoms with E-state index in [1.807, 2.05) is 0 Å². The van der Waals surface area contributed by atoms with Crippen LogP contribution in [0.4, 0.5) is 4.39 Å². The van der Waals surface area contributed by atoms with E-state index in [1.165, 1.54) is 31.6 Å². The topological polar surface area (TPSA) is 108 Å². The molecule has 0 aliphatic heterocycles. The zero-order valence-electron chi connectivity index (χ0n) is 10.9. The molecule has 2 amide bonds. The highest BCUT2D eigenvalue weighted by molar-refractivity contribution is 5.97. The molecule has 0 unspecified atom stereocenters. The fourth-order valence-electron chi connectivity index (χ4n) is 1.51. The second-order valence-corrected chi connectivity index (χ2v) is 4.02. The lowest BCUT2D eigenvalue weighted by Gasteiger charge is -2.19. The number of aliphatic hydroxyl groups is 1. The maximum atomic E-state index is 13.5. The highest BCUT2D eigenvalue weighted by Gasteiger charge is 2.26. The zero-order chi connectivity index (χ0) is 15.3. The number of hydrogen-bond acceptors (Lipinski definition) is 5. The molecule has 0 spiro atoms. The van der Waals surface area contributed by atoms with Crippen molar-refractivity contribution in [2.45, 2.75) is 26.5 Å². The highest BCUT2D eigenvalue weighted by atomic mass is 19.1. The second-order valence-electron chi connectivity index (χ2n) is 4.02. The molecule has 21 heavy (non-hydrogen) atoms. The summed E-state index contributed by atoms with van der Waals surface area (Å²) in [5.41, 5.74) is 1.27. The molecule has 0 aliphatic carbocycles. The van der Waals surface area contributed by atoms with Crippen LogP contribution < -0.4 is 15.5 Å². The molecule has 0 aromatic heterocycles. The molecule has 0 radical (unpaired) electrons. The average molecular weight is 302 g/mol. The monoisotopic (exact) mass is 302 g/mol. The van der Waals surface area contributed by atoms with Crippen molar-refractivity contribution in [3.8, 4) is 5.75 Å². The van der Waals surface area contributed by atoms with Gasteiger partial charge in [0.2, 0.25) is 0 Å². The number of carbonyl (C=O) groups is 2. The molecule has 0 saturated heterocycles. The fraction of sp³-hybridized carbons (Fsp3) is 0.385. The number of methoxy groups -OCH3 is 1. The quantitative estimate of drug-likeness (QED) is 0.467.